The molecule has 0 fully saturated rings. The zero-order valence-electron chi connectivity index (χ0n) is 12.7. The van der Waals surface area contributed by atoms with E-state index in [1.165, 1.54) is 27.8 Å². The molecule has 1 N–H and O–H groups in total. The van der Waals surface area contributed by atoms with Crippen LogP contribution in [0.3, 0.4) is 0 Å². The van der Waals surface area contributed by atoms with Gasteiger partial charge in [-0.25, -0.2) is 0 Å². The molecule has 1 amide bonds. The Morgan fingerprint density at radius 1 is 1.16 bits per heavy atom. The maximum Gasteiger partial charge on any atom is 0.224 e. The van der Waals surface area contributed by atoms with E-state index in [-0.39, 0.29) is 5.91 Å². The van der Waals surface area contributed by atoms with E-state index in [9.17, 15) is 4.79 Å². The van der Waals surface area contributed by atoms with Crippen molar-refractivity contribution in [1.29, 1.82) is 0 Å². The predicted molar refractivity (Wildman–Crippen MR) is 78.6 cm³/mol. The van der Waals surface area contributed by atoms with E-state index in [1.54, 1.807) is 7.11 Å². The number of carbonyl (C=O) groups is 1. The van der Waals surface area contributed by atoms with Crippen LogP contribution < -0.4 is 5.32 Å². The number of hydrogen-bond acceptors (Lipinski definition) is 2. The van der Waals surface area contributed by atoms with E-state index in [0.717, 1.165) is 6.42 Å². The van der Waals surface area contributed by atoms with Gasteiger partial charge in [-0.15, -0.1) is 0 Å². The van der Waals surface area contributed by atoms with Crippen LogP contribution in [0.2, 0.25) is 0 Å². The van der Waals surface area contributed by atoms with Crippen molar-refractivity contribution in [3.8, 4) is 0 Å². The smallest absolute Gasteiger partial charge is 0.224 e. The first-order valence-electron chi connectivity index (χ1n) is 6.79. The van der Waals surface area contributed by atoms with E-state index in [1.807, 2.05) is 0 Å². The van der Waals surface area contributed by atoms with Crippen LogP contribution in [0.15, 0.2) is 6.07 Å². The zero-order valence-corrected chi connectivity index (χ0v) is 12.7. The first kappa shape index (κ1) is 15.7. The van der Waals surface area contributed by atoms with Gasteiger partial charge in [-0.1, -0.05) is 6.07 Å². The number of benzene rings is 1. The van der Waals surface area contributed by atoms with E-state index in [0.29, 0.717) is 19.6 Å². The minimum absolute atomic E-state index is 0.0901. The first-order chi connectivity index (χ1) is 8.97. The van der Waals surface area contributed by atoms with Gasteiger partial charge in [-0.2, -0.15) is 0 Å². The molecule has 1 aromatic rings. The fourth-order valence-electron chi connectivity index (χ4n) is 2.23. The number of carbonyl (C=O) groups excluding carboxylic acids is 1. The van der Waals surface area contributed by atoms with Crippen molar-refractivity contribution in [3.63, 3.8) is 0 Å². The molecular weight excluding hydrogens is 238 g/mol. The average Bonchev–Trinajstić information content (AvgIpc) is 2.37. The van der Waals surface area contributed by atoms with Crippen LogP contribution in [0.25, 0.3) is 0 Å². The molecule has 0 saturated heterocycles. The third kappa shape index (κ3) is 4.35. The van der Waals surface area contributed by atoms with Crippen molar-refractivity contribution in [3.05, 3.63) is 33.9 Å². The molecular formula is C16H25NO2. The SMILES string of the molecule is COCCCNC(=O)Cc1c(C)c(C)cc(C)c1C. The Labute approximate surface area is 116 Å². The van der Waals surface area contributed by atoms with Crippen molar-refractivity contribution < 1.29 is 9.53 Å². The third-order valence-electron chi connectivity index (χ3n) is 3.71. The van der Waals surface area contributed by atoms with Crippen LogP contribution in [-0.4, -0.2) is 26.2 Å². The number of amides is 1. The Morgan fingerprint density at radius 3 is 2.26 bits per heavy atom. The number of nitrogens with one attached hydrogen (secondary N) is 1. The minimum Gasteiger partial charge on any atom is -0.385 e. The maximum absolute atomic E-state index is 12.0. The summed E-state index contributed by atoms with van der Waals surface area (Å²) in [6, 6.07) is 2.19. The van der Waals surface area contributed by atoms with Crippen LogP contribution >= 0.6 is 0 Å². The van der Waals surface area contributed by atoms with Gasteiger partial charge in [-0.05, 0) is 61.9 Å². The largest absolute Gasteiger partial charge is 0.385 e. The normalized spacial score (nSPS) is 10.6. The van der Waals surface area contributed by atoms with Crippen molar-refractivity contribution in [2.45, 2.75) is 40.5 Å². The molecule has 0 aliphatic heterocycles. The molecule has 0 aliphatic carbocycles. The van der Waals surface area contributed by atoms with E-state index in [4.69, 9.17) is 4.74 Å². The molecule has 1 aromatic carbocycles. The highest BCUT2D eigenvalue weighted by Crippen LogP contribution is 2.21. The molecule has 0 saturated carbocycles. The van der Waals surface area contributed by atoms with Crippen LogP contribution in [0.4, 0.5) is 0 Å². The summed E-state index contributed by atoms with van der Waals surface area (Å²) in [7, 11) is 1.67. The maximum atomic E-state index is 12.0. The van der Waals surface area contributed by atoms with E-state index >= 15 is 0 Å². The molecule has 0 heterocycles. The van der Waals surface area contributed by atoms with Crippen LogP contribution in [0.1, 0.15) is 34.2 Å². The molecule has 0 unspecified atom stereocenters. The number of aryl methyl sites for hydroxylation is 2. The van der Waals surface area contributed by atoms with Gasteiger partial charge in [0.25, 0.3) is 0 Å². The van der Waals surface area contributed by atoms with Crippen LogP contribution in [0, 0.1) is 27.7 Å². The van der Waals surface area contributed by atoms with Gasteiger partial charge in [-0.3, -0.25) is 4.79 Å². The fourth-order valence-corrected chi connectivity index (χ4v) is 2.23. The van der Waals surface area contributed by atoms with Gasteiger partial charge >= 0.3 is 0 Å². The Balaban J connectivity index is 2.69. The van der Waals surface area contributed by atoms with Crippen LogP contribution in [0.5, 0.6) is 0 Å². The number of ether oxygens (including phenoxy) is 1. The summed E-state index contributed by atoms with van der Waals surface area (Å²) in [5.41, 5.74) is 6.14. The number of methoxy groups -OCH3 is 1. The number of rotatable bonds is 6. The lowest BCUT2D eigenvalue weighted by molar-refractivity contribution is -0.120. The quantitative estimate of drug-likeness (QED) is 0.801. The summed E-state index contributed by atoms with van der Waals surface area (Å²) in [6.07, 6.45) is 1.32. The van der Waals surface area contributed by atoms with E-state index < -0.39 is 0 Å². The minimum atomic E-state index is 0.0901. The highest BCUT2D eigenvalue weighted by atomic mass is 16.5. The summed E-state index contributed by atoms with van der Waals surface area (Å²) in [4.78, 5) is 12.0. The molecule has 0 bridgehead atoms. The topological polar surface area (TPSA) is 38.3 Å². The molecule has 3 nitrogen and oxygen atoms in total. The Morgan fingerprint density at radius 2 is 1.74 bits per heavy atom. The molecule has 0 aliphatic rings. The van der Waals surface area contributed by atoms with Gasteiger partial charge in [0, 0.05) is 20.3 Å². The first-order valence-corrected chi connectivity index (χ1v) is 6.79. The summed E-state index contributed by atoms with van der Waals surface area (Å²) >= 11 is 0. The lowest BCUT2D eigenvalue weighted by Gasteiger charge is -2.15. The zero-order chi connectivity index (χ0) is 14.4. The monoisotopic (exact) mass is 263 g/mol. The van der Waals surface area contributed by atoms with Crippen molar-refractivity contribution in [2.24, 2.45) is 0 Å². The molecule has 0 aromatic heterocycles. The molecule has 0 atom stereocenters. The lowest BCUT2D eigenvalue weighted by atomic mass is 9.92. The molecule has 19 heavy (non-hydrogen) atoms. The van der Waals surface area contributed by atoms with Gasteiger partial charge < -0.3 is 10.1 Å². The Bertz CT molecular complexity index is 426. The molecule has 106 valence electrons. The van der Waals surface area contributed by atoms with Crippen LogP contribution in [-0.2, 0) is 16.0 Å². The average molecular weight is 263 g/mol. The Kier molecular flexibility index (Phi) is 6.03. The standard InChI is InChI=1S/C16H25NO2/c1-11-9-12(2)14(4)15(13(11)3)10-16(18)17-7-6-8-19-5/h9H,6-8,10H2,1-5H3,(H,17,18). The fraction of sp³-hybridized carbons (Fsp3) is 0.562. The number of hydrogen-bond donors (Lipinski definition) is 1. The van der Waals surface area contributed by atoms with Gasteiger partial charge in [0.15, 0.2) is 0 Å². The molecule has 1 rings (SSSR count). The second kappa shape index (κ2) is 7.29. The summed E-state index contributed by atoms with van der Waals surface area (Å²) < 4.78 is 4.96. The van der Waals surface area contributed by atoms with Gasteiger partial charge in [0.2, 0.25) is 5.91 Å². The Hall–Kier alpha value is -1.35. The van der Waals surface area contributed by atoms with Crippen molar-refractivity contribution >= 4 is 5.91 Å². The second-order valence-corrected chi connectivity index (χ2v) is 5.11. The van der Waals surface area contributed by atoms with Gasteiger partial charge in [0.1, 0.15) is 0 Å². The lowest BCUT2D eigenvalue weighted by Crippen LogP contribution is -2.27. The predicted octanol–water partition coefficient (Wildman–Crippen LogP) is 2.62. The molecule has 0 radical (unpaired) electrons. The molecule has 3 heteroatoms. The second-order valence-electron chi connectivity index (χ2n) is 5.11. The highest BCUT2D eigenvalue weighted by molar-refractivity contribution is 5.79. The molecule has 0 spiro atoms. The van der Waals surface area contributed by atoms with E-state index in [2.05, 4.69) is 39.1 Å². The van der Waals surface area contributed by atoms with Gasteiger partial charge in [0.05, 0.1) is 6.42 Å². The summed E-state index contributed by atoms with van der Waals surface area (Å²) in [5, 5.41) is 2.94. The summed E-state index contributed by atoms with van der Waals surface area (Å²) in [5.74, 6) is 0.0901. The summed E-state index contributed by atoms with van der Waals surface area (Å²) in [6.45, 7) is 9.74. The van der Waals surface area contributed by atoms with Crippen molar-refractivity contribution in [2.75, 3.05) is 20.3 Å². The van der Waals surface area contributed by atoms with Crippen molar-refractivity contribution in [1.82, 2.24) is 5.32 Å². The highest BCUT2D eigenvalue weighted by Gasteiger charge is 2.11. The third-order valence-corrected chi connectivity index (χ3v) is 3.71.